The third-order valence-corrected chi connectivity index (χ3v) is 4.77. The van der Waals surface area contributed by atoms with Gasteiger partial charge in [0, 0.05) is 14.1 Å². The van der Waals surface area contributed by atoms with Gasteiger partial charge in [-0.25, -0.2) is 13.1 Å². The van der Waals surface area contributed by atoms with Gasteiger partial charge in [-0.1, -0.05) is 0 Å². The maximum atomic E-state index is 11.5. The average molecular weight is 269 g/mol. The molecule has 7 nitrogen and oxygen atoms in total. The molecule has 0 bridgehead atoms. The summed E-state index contributed by atoms with van der Waals surface area (Å²) in [4.78, 5) is 1.69. The minimum Gasteiger partial charge on any atom is -0.383 e. The lowest BCUT2D eigenvalue weighted by Gasteiger charge is -2.10. The number of hydrogen-bond donors (Lipinski definition) is 1. The molecule has 0 aliphatic carbocycles. The summed E-state index contributed by atoms with van der Waals surface area (Å²) in [5, 5.41) is 13.3. The van der Waals surface area contributed by atoms with Crippen LogP contribution in [0.15, 0.2) is 0 Å². The van der Waals surface area contributed by atoms with Crippen LogP contribution in [0.1, 0.15) is 18.0 Å². The van der Waals surface area contributed by atoms with Gasteiger partial charge in [0.2, 0.25) is 0 Å². The summed E-state index contributed by atoms with van der Waals surface area (Å²) in [5.41, 5.74) is 6.17. The molecule has 1 fully saturated rings. The van der Waals surface area contributed by atoms with E-state index >= 15 is 0 Å². The summed E-state index contributed by atoms with van der Waals surface area (Å²) < 4.78 is 24.4. The van der Waals surface area contributed by atoms with Gasteiger partial charge in [-0.15, -0.1) is 0 Å². The molecule has 2 N–H and O–H groups in total. The average Bonchev–Trinajstić information content (AvgIpc) is 2.78. The molecule has 0 radical (unpaired) electrons. The number of nitriles is 1. The van der Waals surface area contributed by atoms with E-state index in [1.165, 1.54) is 4.68 Å². The van der Waals surface area contributed by atoms with Crippen LogP contribution in [0.4, 0.5) is 11.6 Å². The molecule has 1 atom stereocenters. The first-order valence-electron chi connectivity index (χ1n) is 5.51. The van der Waals surface area contributed by atoms with Crippen LogP contribution in [0.25, 0.3) is 0 Å². The molecular weight excluding hydrogens is 254 g/mol. The molecule has 1 aromatic heterocycles. The van der Waals surface area contributed by atoms with Gasteiger partial charge in [0.1, 0.15) is 17.5 Å². The highest BCUT2D eigenvalue weighted by Crippen LogP contribution is 2.30. The minimum atomic E-state index is -3.00. The zero-order valence-electron chi connectivity index (χ0n) is 10.3. The Morgan fingerprint density at radius 2 is 2.22 bits per heavy atom. The number of nitrogens with zero attached hydrogens (tertiary/aromatic N) is 4. The number of rotatable bonds is 2. The maximum absolute atomic E-state index is 11.5. The predicted molar refractivity (Wildman–Crippen MR) is 68.0 cm³/mol. The van der Waals surface area contributed by atoms with Crippen LogP contribution in [-0.2, 0) is 9.84 Å². The highest BCUT2D eigenvalue weighted by molar-refractivity contribution is 7.91. The van der Waals surface area contributed by atoms with Gasteiger partial charge in [0.15, 0.2) is 15.7 Å². The van der Waals surface area contributed by atoms with Crippen LogP contribution >= 0.6 is 0 Å². The van der Waals surface area contributed by atoms with E-state index in [2.05, 4.69) is 5.10 Å². The molecule has 8 heteroatoms. The summed E-state index contributed by atoms with van der Waals surface area (Å²) in [7, 11) is 0.521. The van der Waals surface area contributed by atoms with Crippen molar-refractivity contribution in [1.82, 2.24) is 9.78 Å². The SMILES string of the molecule is CN(C)c1nn(C2CCS(=O)(=O)C2)c(N)c1C#N. The van der Waals surface area contributed by atoms with Gasteiger partial charge < -0.3 is 10.6 Å². The highest BCUT2D eigenvalue weighted by atomic mass is 32.2. The zero-order chi connectivity index (χ0) is 13.5. The number of anilines is 2. The Morgan fingerprint density at radius 3 is 2.61 bits per heavy atom. The fourth-order valence-corrected chi connectivity index (χ4v) is 3.79. The summed E-state index contributed by atoms with van der Waals surface area (Å²) in [6.45, 7) is 0. The maximum Gasteiger partial charge on any atom is 0.170 e. The summed E-state index contributed by atoms with van der Waals surface area (Å²) in [5.74, 6) is 0.898. The first kappa shape index (κ1) is 12.7. The molecule has 1 unspecified atom stereocenters. The Kier molecular flexibility index (Phi) is 2.94. The van der Waals surface area contributed by atoms with E-state index in [4.69, 9.17) is 11.0 Å². The van der Waals surface area contributed by atoms with E-state index in [1.54, 1.807) is 19.0 Å². The van der Waals surface area contributed by atoms with Gasteiger partial charge in [-0.2, -0.15) is 10.4 Å². The Bertz CT molecular complexity index is 611. The van der Waals surface area contributed by atoms with Crippen molar-refractivity contribution in [2.45, 2.75) is 12.5 Å². The number of nitrogen functional groups attached to an aromatic ring is 1. The molecule has 1 saturated heterocycles. The molecule has 0 amide bonds. The summed E-state index contributed by atoms with van der Waals surface area (Å²) >= 11 is 0. The van der Waals surface area contributed by atoms with Crippen molar-refractivity contribution < 1.29 is 8.42 Å². The molecule has 1 aliphatic rings. The van der Waals surface area contributed by atoms with Crippen LogP contribution in [0.5, 0.6) is 0 Å². The largest absolute Gasteiger partial charge is 0.383 e. The Balaban J connectivity index is 2.45. The molecular formula is C10H15N5O2S. The minimum absolute atomic E-state index is 0.0383. The highest BCUT2D eigenvalue weighted by Gasteiger charge is 2.32. The van der Waals surface area contributed by atoms with Crippen molar-refractivity contribution in [2.75, 3.05) is 36.2 Å². The van der Waals surface area contributed by atoms with Crippen LogP contribution in [0.2, 0.25) is 0 Å². The van der Waals surface area contributed by atoms with Crippen molar-refractivity contribution in [2.24, 2.45) is 0 Å². The lowest BCUT2D eigenvalue weighted by atomic mass is 10.2. The van der Waals surface area contributed by atoms with Gasteiger partial charge in [-0.3, -0.25) is 0 Å². The molecule has 1 aromatic rings. The quantitative estimate of drug-likeness (QED) is 0.794. The lowest BCUT2D eigenvalue weighted by molar-refractivity contribution is 0.507. The van der Waals surface area contributed by atoms with Crippen molar-refractivity contribution in [3.8, 4) is 6.07 Å². The molecule has 0 saturated carbocycles. The Hall–Kier alpha value is -1.75. The first-order valence-corrected chi connectivity index (χ1v) is 7.33. The number of hydrogen-bond acceptors (Lipinski definition) is 6. The second-order valence-corrected chi connectivity index (χ2v) is 6.82. The fourth-order valence-electron chi connectivity index (χ4n) is 2.10. The van der Waals surface area contributed by atoms with Crippen LogP contribution in [0, 0.1) is 11.3 Å². The van der Waals surface area contributed by atoms with E-state index < -0.39 is 9.84 Å². The fraction of sp³-hybridized carbons (Fsp3) is 0.600. The topological polar surface area (TPSA) is 105 Å². The molecule has 98 valence electrons. The van der Waals surface area contributed by atoms with Crippen molar-refractivity contribution in [1.29, 1.82) is 5.26 Å². The van der Waals surface area contributed by atoms with Crippen molar-refractivity contribution in [3.63, 3.8) is 0 Å². The van der Waals surface area contributed by atoms with Crippen LogP contribution in [-0.4, -0.2) is 43.8 Å². The summed E-state index contributed by atoms with van der Waals surface area (Å²) in [6, 6.07) is 1.74. The zero-order valence-corrected chi connectivity index (χ0v) is 11.1. The second-order valence-electron chi connectivity index (χ2n) is 4.59. The molecule has 2 rings (SSSR count). The second kappa shape index (κ2) is 4.17. The smallest absolute Gasteiger partial charge is 0.170 e. The molecule has 1 aliphatic heterocycles. The van der Waals surface area contributed by atoms with Crippen LogP contribution < -0.4 is 10.6 Å². The number of nitrogens with two attached hydrogens (primary N) is 1. The van der Waals surface area contributed by atoms with Gasteiger partial charge in [-0.05, 0) is 6.42 Å². The van der Waals surface area contributed by atoms with Gasteiger partial charge in [0.05, 0.1) is 17.5 Å². The van der Waals surface area contributed by atoms with E-state index in [0.717, 1.165) is 0 Å². The summed E-state index contributed by atoms with van der Waals surface area (Å²) in [6.07, 6.45) is 0.492. The molecule has 18 heavy (non-hydrogen) atoms. The molecule has 0 aromatic carbocycles. The van der Waals surface area contributed by atoms with Gasteiger partial charge in [0.25, 0.3) is 0 Å². The Morgan fingerprint density at radius 1 is 1.56 bits per heavy atom. The lowest BCUT2D eigenvalue weighted by Crippen LogP contribution is -2.16. The number of aromatic nitrogens is 2. The van der Waals surface area contributed by atoms with Crippen molar-refractivity contribution in [3.05, 3.63) is 5.56 Å². The predicted octanol–water partition coefficient (Wildman–Crippen LogP) is -0.237. The standard InChI is InChI=1S/C10H15N5O2S/c1-14(2)10-8(5-11)9(12)15(13-10)7-3-4-18(16,17)6-7/h7H,3-4,6,12H2,1-2H3. The van der Waals surface area contributed by atoms with Gasteiger partial charge >= 0.3 is 0 Å². The van der Waals surface area contributed by atoms with Crippen LogP contribution in [0.3, 0.4) is 0 Å². The monoisotopic (exact) mass is 269 g/mol. The van der Waals surface area contributed by atoms with E-state index in [0.29, 0.717) is 17.8 Å². The first-order chi connectivity index (χ1) is 8.35. The number of sulfone groups is 1. The van der Waals surface area contributed by atoms with E-state index in [-0.39, 0.29) is 23.4 Å². The normalized spacial score (nSPS) is 21.7. The third kappa shape index (κ3) is 2.01. The van der Waals surface area contributed by atoms with E-state index in [1.807, 2.05) is 6.07 Å². The Labute approximate surface area is 106 Å². The van der Waals surface area contributed by atoms with E-state index in [9.17, 15) is 8.42 Å². The molecule has 2 heterocycles. The molecule has 0 spiro atoms. The van der Waals surface area contributed by atoms with Crippen molar-refractivity contribution >= 4 is 21.5 Å². The third-order valence-electron chi connectivity index (χ3n) is 3.02.